The summed E-state index contributed by atoms with van der Waals surface area (Å²) in [6, 6.07) is 3.72. The Kier molecular flexibility index (Phi) is 1.53. The fourth-order valence-electron chi connectivity index (χ4n) is 0.590. The fraction of sp³-hybridized carbons (Fsp3) is 0.167. The van der Waals surface area contributed by atoms with E-state index in [2.05, 4.69) is 0 Å². The van der Waals surface area contributed by atoms with Gasteiger partial charge in [-0.3, -0.25) is 14.5 Å². The van der Waals surface area contributed by atoms with Gasteiger partial charge in [-0.1, -0.05) is 0 Å². The van der Waals surface area contributed by atoms with E-state index in [0.29, 0.717) is 0 Å². The summed E-state index contributed by atoms with van der Waals surface area (Å²) < 4.78 is 1.69. The van der Waals surface area contributed by atoms with Crippen molar-refractivity contribution < 1.29 is 4.79 Å². The SMILES string of the molecule is CN(C=O)n1cccc1. The zero-order chi connectivity index (χ0) is 6.69. The first-order chi connectivity index (χ1) is 4.34. The Bertz CT molecular complexity index is 181. The van der Waals surface area contributed by atoms with Gasteiger partial charge in [-0.2, -0.15) is 0 Å². The van der Waals surface area contributed by atoms with Crippen LogP contribution < -0.4 is 5.01 Å². The molecule has 0 aliphatic heterocycles. The Hall–Kier alpha value is -1.25. The maximum absolute atomic E-state index is 10.1. The predicted molar refractivity (Wildman–Crippen MR) is 34.6 cm³/mol. The minimum Gasteiger partial charge on any atom is -0.277 e. The molecule has 9 heavy (non-hydrogen) atoms. The molecular formula is C6H8N2O. The minimum atomic E-state index is 0.750. The lowest BCUT2D eigenvalue weighted by atomic mass is 10.7. The second-order valence-electron chi connectivity index (χ2n) is 1.74. The summed E-state index contributed by atoms with van der Waals surface area (Å²) in [4.78, 5) is 10.1. The zero-order valence-electron chi connectivity index (χ0n) is 5.19. The molecule has 0 fully saturated rings. The molecule has 0 atom stereocenters. The van der Waals surface area contributed by atoms with Gasteiger partial charge in [0.05, 0.1) is 0 Å². The predicted octanol–water partition coefficient (Wildman–Crippen LogP) is 0.212. The van der Waals surface area contributed by atoms with Crippen LogP contribution in [0.2, 0.25) is 0 Å². The molecule has 1 aromatic rings. The number of hydrogen-bond donors (Lipinski definition) is 0. The van der Waals surface area contributed by atoms with Crippen LogP contribution in [0.3, 0.4) is 0 Å². The standard InChI is InChI=1S/C6H8N2O/c1-7(6-9)8-4-2-3-5-8/h2-6H,1H3. The largest absolute Gasteiger partial charge is 0.277 e. The molecule has 1 aromatic heterocycles. The van der Waals surface area contributed by atoms with E-state index in [1.165, 1.54) is 5.01 Å². The Morgan fingerprint density at radius 1 is 1.44 bits per heavy atom. The Balaban J connectivity index is 2.76. The molecule has 1 amide bonds. The van der Waals surface area contributed by atoms with Crippen molar-refractivity contribution in [3.05, 3.63) is 24.5 Å². The summed E-state index contributed by atoms with van der Waals surface area (Å²) in [5, 5.41) is 1.44. The average molecular weight is 124 g/mol. The van der Waals surface area contributed by atoms with Crippen LogP contribution in [0.1, 0.15) is 0 Å². The lowest BCUT2D eigenvalue weighted by Gasteiger charge is -2.10. The van der Waals surface area contributed by atoms with Crippen molar-refractivity contribution in [3.8, 4) is 0 Å². The van der Waals surface area contributed by atoms with Gasteiger partial charge >= 0.3 is 0 Å². The molecule has 1 heterocycles. The van der Waals surface area contributed by atoms with Gasteiger partial charge in [0.1, 0.15) is 0 Å². The van der Waals surface area contributed by atoms with E-state index in [9.17, 15) is 4.79 Å². The molecule has 0 spiro atoms. The zero-order valence-corrected chi connectivity index (χ0v) is 5.19. The van der Waals surface area contributed by atoms with Crippen molar-refractivity contribution in [3.63, 3.8) is 0 Å². The van der Waals surface area contributed by atoms with Crippen LogP contribution >= 0.6 is 0 Å². The van der Waals surface area contributed by atoms with Crippen LogP contribution in [0.5, 0.6) is 0 Å². The van der Waals surface area contributed by atoms with Crippen LogP contribution in [0.4, 0.5) is 0 Å². The van der Waals surface area contributed by atoms with E-state index in [4.69, 9.17) is 0 Å². The highest BCUT2D eigenvalue weighted by Gasteiger charge is 1.89. The van der Waals surface area contributed by atoms with E-state index < -0.39 is 0 Å². The molecule has 0 aliphatic carbocycles. The topological polar surface area (TPSA) is 25.2 Å². The maximum Gasteiger partial charge on any atom is 0.228 e. The molecule has 0 saturated carbocycles. The molecular weight excluding hydrogens is 116 g/mol. The second kappa shape index (κ2) is 2.35. The van der Waals surface area contributed by atoms with Gasteiger partial charge in [-0.15, -0.1) is 0 Å². The van der Waals surface area contributed by atoms with E-state index in [-0.39, 0.29) is 0 Å². The van der Waals surface area contributed by atoms with Gasteiger partial charge in [0.25, 0.3) is 0 Å². The number of hydrogen-bond acceptors (Lipinski definition) is 1. The van der Waals surface area contributed by atoms with E-state index in [1.54, 1.807) is 24.1 Å². The molecule has 0 radical (unpaired) electrons. The normalized spacial score (nSPS) is 9.00. The molecule has 3 nitrogen and oxygen atoms in total. The first kappa shape index (κ1) is 5.88. The van der Waals surface area contributed by atoms with Gasteiger partial charge in [-0.05, 0) is 12.1 Å². The van der Waals surface area contributed by atoms with Crippen molar-refractivity contribution in [2.24, 2.45) is 0 Å². The van der Waals surface area contributed by atoms with Crippen molar-refractivity contribution >= 4 is 6.41 Å². The van der Waals surface area contributed by atoms with Crippen molar-refractivity contribution in [2.45, 2.75) is 0 Å². The third-order valence-corrected chi connectivity index (χ3v) is 1.11. The average Bonchev–Trinajstić information content (AvgIpc) is 2.37. The van der Waals surface area contributed by atoms with Crippen LogP contribution in [-0.4, -0.2) is 18.1 Å². The maximum atomic E-state index is 10.1. The first-order valence-corrected chi connectivity index (χ1v) is 2.66. The third kappa shape index (κ3) is 1.10. The quantitative estimate of drug-likeness (QED) is 0.517. The molecule has 1 rings (SSSR count). The van der Waals surface area contributed by atoms with Gasteiger partial charge < -0.3 is 0 Å². The lowest BCUT2D eigenvalue weighted by Crippen LogP contribution is -2.26. The van der Waals surface area contributed by atoms with Crippen LogP contribution in [0.25, 0.3) is 0 Å². The van der Waals surface area contributed by atoms with Gasteiger partial charge in [0, 0.05) is 19.4 Å². The molecule has 0 aromatic carbocycles. The summed E-state index contributed by atoms with van der Waals surface area (Å²) in [7, 11) is 1.69. The van der Waals surface area contributed by atoms with Crippen molar-refractivity contribution in [2.75, 3.05) is 12.1 Å². The molecule has 3 heteroatoms. The Labute approximate surface area is 53.5 Å². The first-order valence-electron chi connectivity index (χ1n) is 2.66. The van der Waals surface area contributed by atoms with Gasteiger partial charge in [0.2, 0.25) is 6.41 Å². The summed E-state index contributed by atoms with van der Waals surface area (Å²) in [6.45, 7) is 0. The molecule has 0 N–H and O–H groups in total. The summed E-state index contributed by atoms with van der Waals surface area (Å²) >= 11 is 0. The van der Waals surface area contributed by atoms with Crippen molar-refractivity contribution in [1.29, 1.82) is 0 Å². The van der Waals surface area contributed by atoms with Crippen molar-refractivity contribution in [1.82, 2.24) is 4.68 Å². The number of aromatic nitrogens is 1. The van der Waals surface area contributed by atoms with Crippen LogP contribution in [0, 0.1) is 0 Å². The fourth-order valence-corrected chi connectivity index (χ4v) is 0.590. The molecule has 0 unspecified atom stereocenters. The lowest BCUT2D eigenvalue weighted by molar-refractivity contribution is -0.108. The van der Waals surface area contributed by atoms with Crippen LogP contribution in [0.15, 0.2) is 24.5 Å². The second-order valence-corrected chi connectivity index (χ2v) is 1.74. The molecule has 0 saturated heterocycles. The number of carbonyl (C=O) groups is 1. The highest BCUT2D eigenvalue weighted by Crippen LogP contribution is 1.86. The smallest absolute Gasteiger partial charge is 0.228 e. The summed E-state index contributed by atoms with van der Waals surface area (Å²) in [5.41, 5.74) is 0. The monoisotopic (exact) mass is 124 g/mol. The number of carbonyl (C=O) groups excluding carboxylic acids is 1. The number of rotatable bonds is 2. The minimum absolute atomic E-state index is 0.750. The third-order valence-electron chi connectivity index (χ3n) is 1.11. The molecule has 48 valence electrons. The Morgan fingerprint density at radius 2 is 2.00 bits per heavy atom. The van der Waals surface area contributed by atoms with E-state index in [0.717, 1.165) is 6.41 Å². The highest BCUT2D eigenvalue weighted by molar-refractivity contribution is 5.59. The Morgan fingerprint density at radius 3 is 2.44 bits per heavy atom. The number of nitrogens with zero attached hydrogens (tertiary/aromatic N) is 2. The van der Waals surface area contributed by atoms with E-state index >= 15 is 0 Å². The molecule has 0 aliphatic rings. The van der Waals surface area contributed by atoms with Crippen LogP contribution in [-0.2, 0) is 4.79 Å². The highest BCUT2D eigenvalue weighted by atomic mass is 16.1. The van der Waals surface area contributed by atoms with Gasteiger partial charge in [0.15, 0.2) is 0 Å². The summed E-state index contributed by atoms with van der Waals surface area (Å²) in [6.07, 6.45) is 4.35. The summed E-state index contributed by atoms with van der Waals surface area (Å²) in [5.74, 6) is 0. The van der Waals surface area contributed by atoms with Gasteiger partial charge in [-0.25, -0.2) is 0 Å². The van der Waals surface area contributed by atoms with E-state index in [1.807, 2.05) is 12.1 Å². The molecule has 0 bridgehead atoms. The number of amides is 1.